The molecule has 3 aromatic rings. The van der Waals surface area contributed by atoms with Crippen LogP contribution >= 0.6 is 0 Å². The van der Waals surface area contributed by atoms with Crippen LogP contribution in [0.5, 0.6) is 5.75 Å². The molecule has 0 fully saturated rings. The summed E-state index contributed by atoms with van der Waals surface area (Å²) in [4.78, 5) is 23.7. The van der Waals surface area contributed by atoms with Gasteiger partial charge in [0.15, 0.2) is 5.43 Å². The Hall–Kier alpha value is -3.42. The van der Waals surface area contributed by atoms with Crippen molar-refractivity contribution in [3.63, 3.8) is 0 Å². The van der Waals surface area contributed by atoms with E-state index in [4.69, 9.17) is 14.2 Å². The Morgan fingerprint density at radius 3 is 2.36 bits per heavy atom. The highest BCUT2D eigenvalue weighted by atomic mass is 16.5. The van der Waals surface area contributed by atoms with E-state index in [1.54, 1.807) is 14.2 Å². The molecular formula is C29H35NO6. The van der Waals surface area contributed by atoms with Crippen molar-refractivity contribution in [2.24, 2.45) is 0 Å². The van der Waals surface area contributed by atoms with Gasteiger partial charge < -0.3 is 23.9 Å². The summed E-state index contributed by atoms with van der Waals surface area (Å²) < 4.78 is 17.8. The number of hydrogen-bond donors (Lipinski definition) is 1. The molecule has 192 valence electrons. The Morgan fingerprint density at radius 2 is 1.75 bits per heavy atom. The number of aromatic carboxylic acids is 1. The molecule has 0 amide bonds. The number of hydrogen-bond acceptors (Lipinski definition) is 5. The summed E-state index contributed by atoms with van der Waals surface area (Å²) in [5.41, 5.74) is 5.20. The van der Waals surface area contributed by atoms with Crippen LogP contribution in [0.25, 0.3) is 22.4 Å². The predicted molar refractivity (Wildman–Crippen MR) is 141 cm³/mol. The minimum absolute atomic E-state index is 0.205. The highest BCUT2D eigenvalue weighted by Gasteiger charge is 2.22. The quantitative estimate of drug-likeness (QED) is 0.434. The van der Waals surface area contributed by atoms with Crippen molar-refractivity contribution < 1.29 is 24.1 Å². The van der Waals surface area contributed by atoms with Crippen LogP contribution in [0, 0.1) is 6.92 Å². The SMILES string of the molecule is COC(C)C.COCCCOc1cc2c(cc1-c1ccc(C)cc1)-c1cc(=O)c(C(=O)O)cn1CC2. The molecular weight excluding hydrogens is 458 g/mol. The standard InChI is InChI=1S/C25H25NO5.C4H10O/c1-16-4-6-17(7-5-16)20-13-19-18(12-24(20)31-11-3-10-30-2)8-9-26-15-21(25(28)29)23(27)14-22(19)26;1-4(2)5-3/h4-7,12-15H,3,8-11H2,1-2H3,(H,28,29);4H,1-3H3. The van der Waals surface area contributed by atoms with E-state index in [0.717, 1.165) is 46.5 Å². The largest absolute Gasteiger partial charge is 0.493 e. The molecule has 0 saturated heterocycles. The maximum absolute atomic E-state index is 12.4. The van der Waals surface area contributed by atoms with E-state index < -0.39 is 11.4 Å². The van der Waals surface area contributed by atoms with Crippen molar-refractivity contribution in [2.75, 3.05) is 27.4 Å². The number of aromatic nitrogens is 1. The Morgan fingerprint density at radius 1 is 1.06 bits per heavy atom. The van der Waals surface area contributed by atoms with Crippen LogP contribution in [-0.2, 0) is 22.4 Å². The number of carboxylic acids is 1. The maximum atomic E-state index is 12.4. The Kier molecular flexibility index (Phi) is 9.44. The van der Waals surface area contributed by atoms with Crippen molar-refractivity contribution in [3.05, 3.63) is 75.6 Å². The van der Waals surface area contributed by atoms with Gasteiger partial charge in [0.2, 0.25) is 0 Å². The van der Waals surface area contributed by atoms with Gasteiger partial charge in [-0.1, -0.05) is 29.8 Å². The maximum Gasteiger partial charge on any atom is 0.341 e. The van der Waals surface area contributed by atoms with Crippen LogP contribution in [0.4, 0.5) is 0 Å². The number of nitrogens with zero attached hydrogens (tertiary/aromatic N) is 1. The molecule has 1 aliphatic heterocycles. The van der Waals surface area contributed by atoms with Crippen LogP contribution in [-0.4, -0.2) is 49.2 Å². The molecule has 4 rings (SSSR count). The van der Waals surface area contributed by atoms with Crippen molar-refractivity contribution >= 4 is 5.97 Å². The van der Waals surface area contributed by atoms with Crippen LogP contribution < -0.4 is 10.2 Å². The van der Waals surface area contributed by atoms with Crippen molar-refractivity contribution in [1.29, 1.82) is 0 Å². The topological polar surface area (TPSA) is 87.0 Å². The molecule has 1 aromatic heterocycles. The highest BCUT2D eigenvalue weighted by Crippen LogP contribution is 2.39. The minimum atomic E-state index is -1.20. The van der Waals surface area contributed by atoms with Crippen LogP contribution in [0.15, 0.2) is 53.5 Å². The molecule has 0 radical (unpaired) electrons. The number of fused-ring (bicyclic) bond motifs is 3. The third kappa shape index (κ3) is 6.62. The lowest BCUT2D eigenvalue weighted by atomic mass is 9.91. The Bertz CT molecular complexity index is 1240. The van der Waals surface area contributed by atoms with Crippen LogP contribution in [0.1, 0.15) is 41.8 Å². The van der Waals surface area contributed by atoms with Gasteiger partial charge >= 0.3 is 5.97 Å². The number of methoxy groups -OCH3 is 2. The van der Waals surface area contributed by atoms with Gasteiger partial charge in [0.1, 0.15) is 11.3 Å². The Labute approximate surface area is 212 Å². The number of aryl methyl sites for hydroxylation is 3. The molecule has 0 aliphatic carbocycles. The number of ether oxygens (including phenoxy) is 3. The summed E-state index contributed by atoms with van der Waals surface area (Å²) in [6, 6.07) is 13.8. The normalized spacial score (nSPS) is 11.8. The van der Waals surface area contributed by atoms with E-state index >= 15 is 0 Å². The second-order valence-electron chi connectivity index (χ2n) is 9.04. The minimum Gasteiger partial charge on any atom is -0.493 e. The molecule has 0 saturated carbocycles. The lowest BCUT2D eigenvalue weighted by Gasteiger charge is -2.25. The summed E-state index contributed by atoms with van der Waals surface area (Å²) in [6.07, 6.45) is 3.35. The smallest absolute Gasteiger partial charge is 0.341 e. The van der Waals surface area contributed by atoms with Crippen LogP contribution in [0.3, 0.4) is 0 Å². The lowest BCUT2D eigenvalue weighted by molar-refractivity contribution is 0.0694. The zero-order valence-electron chi connectivity index (χ0n) is 21.7. The van der Waals surface area contributed by atoms with Gasteiger partial charge in [0.05, 0.1) is 18.4 Å². The zero-order valence-corrected chi connectivity index (χ0v) is 21.7. The average Bonchev–Trinajstić information content (AvgIpc) is 2.86. The first-order chi connectivity index (χ1) is 17.2. The molecule has 36 heavy (non-hydrogen) atoms. The van der Waals surface area contributed by atoms with Crippen molar-refractivity contribution in [2.45, 2.75) is 46.3 Å². The lowest BCUT2D eigenvalue weighted by Crippen LogP contribution is -2.22. The highest BCUT2D eigenvalue weighted by molar-refractivity contribution is 5.88. The first-order valence-electron chi connectivity index (χ1n) is 12.1. The zero-order chi connectivity index (χ0) is 26.2. The number of pyridine rings is 1. The van der Waals surface area contributed by atoms with Gasteiger partial charge in [0.25, 0.3) is 0 Å². The monoisotopic (exact) mass is 493 g/mol. The fourth-order valence-electron chi connectivity index (χ4n) is 3.92. The summed E-state index contributed by atoms with van der Waals surface area (Å²) in [5, 5.41) is 9.30. The summed E-state index contributed by atoms with van der Waals surface area (Å²) >= 11 is 0. The van der Waals surface area contributed by atoms with E-state index in [1.807, 2.05) is 25.3 Å². The predicted octanol–water partition coefficient (Wildman–Crippen LogP) is 5.20. The fraction of sp³-hybridized carbons (Fsp3) is 0.379. The second kappa shape index (κ2) is 12.5. The second-order valence-corrected chi connectivity index (χ2v) is 9.04. The third-order valence-electron chi connectivity index (χ3n) is 6.05. The number of benzene rings is 2. The molecule has 1 N–H and O–H groups in total. The molecule has 0 unspecified atom stereocenters. The van der Waals surface area contributed by atoms with Gasteiger partial charge in [0, 0.05) is 57.2 Å². The fourth-order valence-corrected chi connectivity index (χ4v) is 3.92. The molecule has 0 atom stereocenters. The number of rotatable bonds is 8. The van der Waals surface area contributed by atoms with E-state index in [-0.39, 0.29) is 5.56 Å². The number of carboxylic acid groups (broad SMARTS) is 1. The Balaban J connectivity index is 0.000000658. The van der Waals surface area contributed by atoms with Gasteiger partial charge in [-0.05, 0) is 50.5 Å². The van der Waals surface area contributed by atoms with Crippen molar-refractivity contribution in [3.8, 4) is 28.1 Å². The van der Waals surface area contributed by atoms with E-state index in [0.29, 0.717) is 25.9 Å². The molecule has 7 nitrogen and oxygen atoms in total. The number of carbonyl (C=O) groups is 1. The average molecular weight is 494 g/mol. The summed E-state index contributed by atoms with van der Waals surface area (Å²) in [6.45, 7) is 7.83. The third-order valence-corrected chi connectivity index (χ3v) is 6.05. The van der Waals surface area contributed by atoms with Gasteiger partial charge in [-0.15, -0.1) is 0 Å². The van der Waals surface area contributed by atoms with Crippen LogP contribution in [0.2, 0.25) is 0 Å². The first kappa shape index (κ1) is 27.2. The van der Waals surface area contributed by atoms with Gasteiger partial charge in [-0.25, -0.2) is 4.79 Å². The van der Waals surface area contributed by atoms with E-state index in [9.17, 15) is 14.7 Å². The van der Waals surface area contributed by atoms with Gasteiger partial charge in [-0.3, -0.25) is 4.79 Å². The summed E-state index contributed by atoms with van der Waals surface area (Å²) in [7, 11) is 3.37. The molecule has 7 heteroatoms. The molecule has 1 aliphatic rings. The molecule has 2 aromatic carbocycles. The van der Waals surface area contributed by atoms with Gasteiger partial charge in [-0.2, -0.15) is 0 Å². The molecule has 0 spiro atoms. The summed E-state index contributed by atoms with van der Waals surface area (Å²) in [5.74, 6) is -0.400. The van der Waals surface area contributed by atoms with Crippen molar-refractivity contribution in [1.82, 2.24) is 4.57 Å². The molecule has 0 bridgehead atoms. The molecule has 2 heterocycles. The van der Waals surface area contributed by atoms with E-state index in [2.05, 4.69) is 36.4 Å². The first-order valence-corrected chi connectivity index (χ1v) is 12.1. The van der Waals surface area contributed by atoms with E-state index in [1.165, 1.54) is 17.8 Å².